The summed E-state index contributed by atoms with van der Waals surface area (Å²) >= 11 is 0. The van der Waals surface area contributed by atoms with E-state index in [2.05, 4.69) is 295 Å². The Balaban J connectivity index is 0.906. The molecule has 0 saturated heterocycles. The second kappa shape index (κ2) is 16.8. The van der Waals surface area contributed by atoms with Gasteiger partial charge >= 0.3 is 0 Å². The Hall–Kier alpha value is -9.36. The highest BCUT2D eigenvalue weighted by atomic mass is 14.5. The Morgan fingerprint density at radius 2 is 0.380 bits per heavy atom. The second-order valence-electron chi connectivity index (χ2n) is 22.9. The van der Waals surface area contributed by atoms with Gasteiger partial charge in [-0.2, -0.15) is 0 Å². The molecule has 0 amide bonds. The van der Waals surface area contributed by atoms with Gasteiger partial charge in [0.2, 0.25) is 0 Å². The number of aryl methyl sites for hydroxylation is 4. The minimum atomic E-state index is -0.551. The van der Waals surface area contributed by atoms with Crippen molar-refractivity contribution in [1.29, 1.82) is 0 Å². The van der Waals surface area contributed by atoms with Crippen molar-refractivity contribution < 1.29 is 0 Å². The number of hydrogen-bond donors (Lipinski definition) is 0. The van der Waals surface area contributed by atoms with Crippen molar-refractivity contribution in [3.05, 3.63) is 356 Å². The predicted molar refractivity (Wildman–Crippen MR) is 327 cm³/mol. The van der Waals surface area contributed by atoms with Gasteiger partial charge in [0.05, 0.1) is 16.2 Å². The maximum Gasteiger partial charge on any atom is 0.0725 e. The fraction of sp³-hybridized carbons (Fsp3) is 0.0886. The van der Waals surface area contributed by atoms with Gasteiger partial charge in [0, 0.05) is 0 Å². The highest BCUT2D eigenvalue weighted by Crippen LogP contribution is 2.65. The van der Waals surface area contributed by atoms with Crippen LogP contribution >= 0.6 is 0 Å². The fourth-order valence-corrected chi connectivity index (χ4v) is 15.2. The normalized spacial score (nSPS) is 14.6. The minimum absolute atomic E-state index is 0.502. The van der Waals surface area contributed by atoms with Crippen molar-refractivity contribution in [2.45, 2.75) is 43.9 Å². The monoisotopic (exact) mass is 1000 g/mol. The summed E-state index contributed by atoms with van der Waals surface area (Å²) in [5, 5.41) is 0. The molecule has 0 N–H and O–H groups in total. The lowest BCUT2D eigenvalue weighted by molar-refractivity contribution is 0.767. The van der Waals surface area contributed by atoms with Crippen LogP contribution in [-0.4, -0.2) is 0 Å². The first kappa shape index (κ1) is 45.8. The Bertz CT molecular complexity index is 4110. The third-order valence-corrected chi connectivity index (χ3v) is 18.8. The summed E-state index contributed by atoms with van der Waals surface area (Å²) < 4.78 is 0. The first-order valence-electron chi connectivity index (χ1n) is 28.0. The molecule has 0 nitrogen and oxygen atoms in total. The standard InChI is InChI=1S/C79H56/c1-49-21-33-57(34-22-49)77(58-35-23-50(2)24-36-58)69-17-9-5-15-63(69)65-41-29-53(45-73(65)77)55-31-43-67-68-44-32-56(48-76(68)79(75(67)47-55)71-19-11-7-13-61(71)62-14-8-12-20-72(62)79)54-30-42-66-64-16-6-10-18-70(64)78(74(66)46-54,59-37-25-51(3)26-38-59)60-39-27-52(4)28-40-60/h5-48H,1-4H3. The van der Waals surface area contributed by atoms with Crippen LogP contribution in [0.4, 0.5) is 0 Å². The highest BCUT2D eigenvalue weighted by Gasteiger charge is 2.53. The fourth-order valence-electron chi connectivity index (χ4n) is 15.2. The molecule has 0 atom stereocenters. The summed E-state index contributed by atoms with van der Waals surface area (Å²) in [6.45, 7) is 8.75. The van der Waals surface area contributed by atoms with Gasteiger partial charge in [-0.3, -0.25) is 0 Å². The lowest BCUT2D eigenvalue weighted by Crippen LogP contribution is -2.28. The second-order valence-corrected chi connectivity index (χ2v) is 22.9. The summed E-state index contributed by atoms with van der Waals surface area (Å²) in [5.74, 6) is 0. The van der Waals surface area contributed by atoms with Crippen molar-refractivity contribution in [2.24, 2.45) is 0 Å². The van der Waals surface area contributed by atoms with E-state index in [-0.39, 0.29) is 0 Å². The van der Waals surface area contributed by atoms with Gasteiger partial charge in [-0.1, -0.05) is 265 Å². The van der Waals surface area contributed by atoms with Crippen LogP contribution in [0.15, 0.2) is 267 Å². The molecule has 16 rings (SSSR count). The third-order valence-electron chi connectivity index (χ3n) is 18.8. The van der Waals surface area contributed by atoms with Crippen molar-refractivity contribution in [3.8, 4) is 66.8 Å². The van der Waals surface area contributed by atoms with Crippen molar-refractivity contribution in [3.63, 3.8) is 0 Å². The third kappa shape index (κ3) is 6.15. The highest BCUT2D eigenvalue weighted by molar-refractivity contribution is 5.98. The summed E-state index contributed by atoms with van der Waals surface area (Å²) in [5.41, 5.74) is 34.5. The van der Waals surface area contributed by atoms with Gasteiger partial charge in [-0.15, -0.1) is 0 Å². The topological polar surface area (TPSA) is 0 Å². The van der Waals surface area contributed by atoms with Crippen LogP contribution in [0.5, 0.6) is 0 Å². The van der Waals surface area contributed by atoms with Crippen LogP contribution in [0, 0.1) is 27.7 Å². The van der Waals surface area contributed by atoms with E-state index in [1.165, 1.54) is 156 Å². The van der Waals surface area contributed by atoms with E-state index < -0.39 is 16.2 Å². The van der Waals surface area contributed by atoms with Crippen LogP contribution in [0.25, 0.3) is 66.8 Å². The van der Waals surface area contributed by atoms with Gasteiger partial charge in [-0.05, 0) is 185 Å². The lowest BCUT2D eigenvalue weighted by atomic mass is 9.67. The predicted octanol–water partition coefficient (Wildman–Crippen LogP) is 19.3. The molecule has 0 radical (unpaired) electrons. The van der Waals surface area contributed by atoms with Crippen LogP contribution < -0.4 is 0 Å². The SMILES string of the molecule is Cc1ccc(C2(c3ccc(C)cc3)c3ccccc3-c3ccc(-c4ccc5c(c4)C4(c6ccccc6-c6ccccc64)c4cc(-c6ccc7c(c6)C(c6ccc(C)cc6)(c6ccc(C)cc6)c6ccccc6-7)ccc4-5)cc32)cc1. The van der Waals surface area contributed by atoms with Crippen LogP contribution in [-0.2, 0) is 16.2 Å². The molecule has 1 spiro atoms. The van der Waals surface area contributed by atoms with Gasteiger partial charge in [0.1, 0.15) is 0 Å². The molecule has 0 heteroatoms. The molecular formula is C79H56. The van der Waals surface area contributed by atoms with Crippen LogP contribution in [0.1, 0.15) is 89.0 Å². The zero-order valence-corrected chi connectivity index (χ0v) is 44.9. The number of hydrogen-bond acceptors (Lipinski definition) is 0. The number of fused-ring (bicyclic) bond motifs is 16. The quantitative estimate of drug-likeness (QED) is 0.156. The number of rotatable bonds is 6. The number of benzene rings is 12. The van der Waals surface area contributed by atoms with E-state index in [9.17, 15) is 0 Å². The van der Waals surface area contributed by atoms with Gasteiger partial charge in [-0.25, -0.2) is 0 Å². The van der Waals surface area contributed by atoms with E-state index in [4.69, 9.17) is 0 Å². The largest absolute Gasteiger partial charge is 0.0725 e. The summed E-state index contributed by atoms with van der Waals surface area (Å²) in [4.78, 5) is 0. The van der Waals surface area contributed by atoms with Crippen molar-refractivity contribution in [2.75, 3.05) is 0 Å². The maximum atomic E-state index is 2.56. The zero-order valence-electron chi connectivity index (χ0n) is 44.9. The van der Waals surface area contributed by atoms with Crippen LogP contribution in [0.2, 0.25) is 0 Å². The van der Waals surface area contributed by atoms with Gasteiger partial charge in [0.15, 0.2) is 0 Å². The molecule has 4 aliphatic carbocycles. The average molecular weight is 1010 g/mol. The van der Waals surface area contributed by atoms with Gasteiger partial charge in [0.25, 0.3) is 0 Å². The summed E-state index contributed by atoms with van der Waals surface area (Å²) in [6, 6.07) is 103. The molecule has 0 bridgehead atoms. The molecule has 0 unspecified atom stereocenters. The molecule has 0 heterocycles. The van der Waals surface area contributed by atoms with Crippen LogP contribution in [0.3, 0.4) is 0 Å². The lowest BCUT2D eigenvalue weighted by Gasteiger charge is -2.34. The molecule has 0 aliphatic heterocycles. The summed E-state index contributed by atoms with van der Waals surface area (Å²) in [7, 11) is 0. The first-order chi connectivity index (χ1) is 38.8. The minimum Gasteiger partial charge on any atom is -0.0619 e. The zero-order chi connectivity index (χ0) is 52.8. The van der Waals surface area contributed by atoms with E-state index in [1.54, 1.807) is 0 Å². The molecule has 0 fully saturated rings. The van der Waals surface area contributed by atoms with Crippen molar-refractivity contribution in [1.82, 2.24) is 0 Å². The molecule has 0 saturated carbocycles. The molecule has 12 aromatic carbocycles. The van der Waals surface area contributed by atoms with Crippen molar-refractivity contribution >= 4 is 0 Å². The molecule has 79 heavy (non-hydrogen) atoms. The average Bonchev–Trinajstić information content (AvgIpc) is 3.22. The maximum absolute atomic E-state index is 2.56. The molecule has 372 valence electrons. The Morgan fingerprint density at radius 1 is 0.177 bits per heavy atom. The molecule has 12 aromatic rings. The van der Waals surface area contributed by atoms with E-state index in [0.29, 0.717) is 0 Å². The first-order valence-corrected chi connectivity index (χ1v) is 28.0. The van der Waals surface area contributed by atoms with E-state index in [1.807, 2.05) is 0 Å². The Labute approximate surface area is 464 Å². The van der Waals surface area contributed by atoms with E-state index >= 15 is 0 Å². The smallest absolute Gasteiger partial charge is 0.0619 e. The molecular weight excluding hydrogens is 949 g/mol. The Kier molecular flexibility index (Phi) is 9.75. The summed E-state index contributed by atoms with van der Waals surface area (Å²) in [6.07, 6.45) is 0. The van der Waals surface area contributed by atoms with Gasteiger partial charge < -0.3 is 0 Å². The molecule has 0 aromatic heterocycles. The Morgan fingerprint density at radius 3 is 0.633 bits per heavy atom. The molecule has 4 aliphatic rings. The van der Waals surface area contributed by atoms with E-state index in [0.717, 1.165) is 0 Å².